The number of methoxy groups -OCH3 is 1. The molecular weight excluding hydrogens is 384 g/mol. The lowest BCUT2D eigenvalue weighted by Gasteiger charge is -2.35. The molecule has 0 radical (unpaired) electrons. The summed E-state index contributed by atoms with van der Waals surface area (Å²) in [4.78, 5) is 35.1. The fraction of sp³-hybridized carbons (Fsp3) is 0.304. The van der Waals surface area contributed by atoms with Gasteiger partial charge in [-0.25, -0.2) is 4.79 Å². The molecule has 2 aliphatic heterocycles. The summed E-state index contributed by atoms with van der Waals surface area (Å²) >= 11 is 0. The molecule has 7 nitrogen and oxygen atoms in total. The number of carbonyl (C=O) groups excluding carboxylic acids is 2. The number of rotatable bonds is 4. The number of aromatic nitrogens is 1. The molecule has 2 aromatic carbocycles. The summed E-state index contributed by atoms with van der Waals surface area (Å²) in [6, 6.07) is 16.6. The monoisotopic (exact) mass is 406 g/mol. The van der Waals surface area contributed by atoms with Gasteiger partial charge in [-0.15, -0.1) is 0 Å². The number of benzene rings is 2. The van der Waals surface area contributed by atoms with Gasteiger partial charge in [0.05, 0.1) is 13.2 Å². The van der Waals surface area contributed by atoms with Crippen LogP contribution in [0, 0.1) is 0 Å². The number of H-pyrrole nitrogens is 1. The summed E-state index contributed by atoms with van der Waals surface area (Å²) in [7, 11) is 1.34. The predicted molar refractivity (Wildman–Crippen MR) is 108 cm³/mol. The summed E-state index contributed by atoms with van der Waals surface area (Å²) in [5.74, 6) is -0.881. The van der Waals surface area contributed by atoms with Gasteiger partial charge in [0.15, 0.2) is 5.60 Å². The second-order valence-corrected chi connectivity index (χ2v) is 7.75. The van der Waals surface area contributed by atoms with Crippen molar-refractivity contribution in [1.82, 2.24) is 10.0 Å². The molecule has 2 saturated heterocycles. The zero-order chi connectivity index (χ0) is 20.7. The number of hydrogen-bond donors (Lipinski definition) is 1. The highest BCUT2D eigenvalue weighted by molar-refractivity contribution is 5.87. The Hall–Kier alpha value is -3.16. The van der Waals surface area contributed by atoms with Crippen LogP contribution < -0.4 is 0 Å². The quantitative estimate of drug-likeness (QED) is 0.671. The second kappa shape index (κ2) is 7.27. The number of nitrogens with zero attached hydrogens (tertiary/aromatic N) is 1. The molecule has 7 heteroatoms. The lowest BCUT2D eigenvalue weighted by atomic mass is 9.88. The van der Waals surface area contributed by atoms with E-state index in [-0.39, 0.29) is 31.5 Å². The van der Waals surface area contributed by atoms with Crippen molar-refractivity contribution >= 4 is 22.8 Å². The summed E-state index contributed by atoms with van der Waals surface area (Å²) in [5, 5.41) is 2.64. The topological polar surface area (TPSA) is 80.9 Å². The van der Waals surface area contributed by atoms with Crippen LogP contribution >= 0.6 is 0 Å². The molecule has 1 N–H and O–H groups in total. The van der Waals surface area contributed by atoms with Crippen LogP contribution in [0.1, 0.15) is 23.6 Å². The molecule has 3 aromatic rings. The Labute approximate surface area is 173 Å². The highest BCUT2D eigenvalue weighted by atomic mass is 16.7. The van der Waals surface area contributed by atoms with Gasteiger partial charge in [0.1, 0.15) is 12.6 Å². The number of hydroxylamine groups is 2. The third-order valence-electron chi connectivity index (χ3n) is 5.97. The molecular formula is C23H22N2O5. The Balaban J connectivity index is 1.53. The van der Waals surface area contributed by atoms with Gasteiger partial charge >= 0.3 is 11.9 Å². The maximum atomic E-state index is 13.0. The van der Waals surface area contributed by atoms with E-state index in [1.165, 1.54) is 7.11 Å². The smallest absolute Gasteiger partial charge is 0.340 e. The van der Waals surface area contributed by atoms with Crippen LogP contribution in [0.15, 0.2) is 60.8 Å². The second-order valence-electron chi connectivity index (χ2n) is 7.75. The molecule has 0 bridgehead atoms. The number of carbonyl (C=O) groups is 2. The molecule has 0 spiro atoms. The largest absolute Gasteiger partial charge is 0.467 e. The number of esters is 2. The third-order valence-corrected chi connectivity index (χ3v) is 5.97. The van der Waals surface area contributed by atoms with Crippen molar-refractivity contribution in [3.63, 3.8) is 0 Å². The van der Waals surface area contributed by atoms with Crippen molar-refractivity contribution in [3.8, 4) is 0 Å². The minimum atomic E-state index is -1.30. The summed E-state index contributed by atoms with van der Waals surface area (Å²) < 4.78 is 10.6. The van der Waals surface area contributed by atoms with E-state index in [0.29, 0.717) is 0 Å². The zero-order valence-electron chi connectivity index (χ0n) is 16.5. The minimum absolute atomic E-state index is 0.168. The third kappa shape index (κ3) is 2.98. The number of para-hydroxylation sites is 1. The van der Waals surface area contributed by atoms with Gasteiger partial charge in [0.25, 0.3) is 0 Å². The van der Waals surface area contributed by atoms with Gasteiger partial charge in [0, 0.05) is 29.9 Å². The first kappa shape index (κ1) is 18.8. The van der Waals surface area contributed by atoms with Gasteiger partial charge in [0.2, 0.25) is 0 Å². The first-order valence-corrected chi connectivity index (χ1v) is 9.94. The van der Waals surface area contributed by atoms with Gasteiger partial charge in [-0.2, -0.15) is 5.06 Å². The Morgan fingerprint density at radius 3 is 2.73 bits per heavy atom. The maximum absolute atomic E-state index is 13.0. The van der Waals surface area contributed by atoms with E-state index in [4.69, 9.17) is 14.3 Å². The standard InChI is InChI=1S/C23H22N2O5/c1-28-22(27)23(11-16-13-24-18-10-6-5-9-17(16)18)12-19-21(26)29-14-20(25(19)30-23)15-7-3-2-4-8-15/h2-10,13,19-20,24H,11-12,14H2,1H3/t19-,20+,23+/m0/s1. The number of aromatic amines is 1. The number of cyclic esters (lactones) is 1. The number of morpholine rings is 1. The molecule has 3 atom stereocenters. The van der Waals surface area contributed by atoms with Crippen molar-refractivity contribution in [1.29, 1.82) is 0 Å². The van der Waals surface area contributed by atoms with E-state index in [0.717, 1.165) is 22.0 Å². The highest BCUT2D eigenvalue weighted by Crippen LogP contribution is 2.43. The van der Waals surface area contributed by atoms with Gasteiger partial charge in [-0.1, -0.05) is 48.5 Å². The van der Waals surface area contributed by atoms with Crippen molar-refractivity contribution in [2.75, 3.05) is 13.7 Å². The molecule has 1 aromatic heterocycles. The maximum Gasteiger partial charge on any atom is 0.340 e. The SMILES string of the molecule is COC(=O)[C@@]1(Cc2c[nH]c3ccccc23)C[C@H]2C(=O)OC[C@H](c3ccccc3)N2O1. The van der Waals surface area contributed by atoms with Crippen molar-refractivity contribution in [3.05, 3.63) is 71.9 Å². The Morgan fingerprint density at radius 1 is 1.17 bits per heavy atom. The Bertz CT molecular complexity index is 1100. The fourth-order valence-electron chi connectivity index (χ4n) is 4.49. The van der Waals surface area contributed by atoms with E-state index in [1.807, 2.05) is 60.8 Å². The molecule has 5 rings (SSSR count). The Kier molecular flexibility index (Phi) is 4.56. The van der Waals surface area contributed by atoms with Crippen LogP contribution in [0.25, 0.3) is 10.9 Å². The van der Waals surface area contributed by atoms with Crippen LogP contribution in [-0.2, 0) is 30.3 Å². The summed E-state index contributed by atoms with van der Waals surface area (Å²) in [6.07, 6.45) is 2.33. The normalized spacial score (nSPS) is 26.4. The fourth-order valence-corrected chi connectivity index (χ4v) is 4.49. The first-order chi connectivity index (χ1) is 14.6. The lowest BCUT2D eigenvalue weighted by Crippen LogP contribution is -2.46. The number of ether oxygens (including phenoxy) is 2. The molecule has 30 heavy (non-hydrogen) atoms. The lowest BCUT2D eigenvalue weighted by molar-refractivity contribution is -0.253. The van der Waals surface area contributed by atoms with Gasteiger partial charge < -0.3 is 14.5 Å². The van der Waals surface area contributed by atoms with E-state index >= 15 is 0 Å². The molecule has 0 amide bonds. The van der Waals surface area contributed by atoms with E-state index < -0.39 is 17.6 Å². The molecule has 0 unspecified atom stereocenters. The number of fused-ring (bicyclic) bond motifs is 2. The Morgan fingerprint density at radius 2 is 1.93 bits per heavy atom. The van der Waals surface area contributed by atoms with Crippen LogP contribution in [-0.4, -0.2) is 47.3 Å². The van der Waals surface area contributed by atoms with E-state index in [9.17, 15) is 9.59 Å². The van der Waals surface area contributed by atoms with Crippen molar-refractivity contribution < 1.29 is 23.9 Å². The zero-order valence-corrected chi connectivity index (χ0v) is 16.5. The molecule has 2 aliphatic rings. The number of hydrogen-bond acceptors (Lipinski definition) is 6. The van der Waals surface area contributed by atoms with Crippen molar-refractivity contribution in [2.45, 2.75) is 30.5 Å². The molecule has 0 aliphatic carbocycles. The average Bonchev–Trinajstić information content (AvgIpc) is 3.37. The molecule has 3 heterocycles. The predicted octanol–water partition coefficient (Wildman–Crippen LogP) is 2.93. The van der Waals surface area contributed by atoms with Crippen LogP contribution in [0.4, 0.5) is 0 Å². The van der Waals surface area contributed by atoms with Crippen LogP contribution in [0.5, 0.6) is 0 Å². The van der Waals surface area contributed by atoms with Crippen LogP contribution in [0.3, 0.4) is 0 Å². The van der Waals surface area contributed by atoms with Gasteiger partial charge in [-0.05, 0) is 17.2 Å². The number of nitrogens with one attached hydrogen (secondary N) is 1. The molecule has 154 valence electrons. The molecule has 0 saturated carbocycles. The highest BCUT2D eigenvalue weighted by Gasteiger charge is 2.58. The van der Waals surface area contributed by atoms with Crippen LogP contribution in [0.2, 0.25) is 0 Å². The van der Waals surface area contributed by atoms with E-state index in [1.54, 1.807) is 5.06 Å². The minimum Gasteiger partial charge on any atom is -0.467 e. The van der Waals surface area contributed by atoms with Gasteiger partial charge in [-0.3, -0.25) is 9.63 Å². The first-order valence-electron chi connectivity index (χ1n) is 9.94. The average molecular weight is 406 g/mol. The van der Waals surface area contributed by atoms with Crippen molar-refractivity contribution in [2.24, 2.45) is 0 Å². The summed E-state index contributed by atoms with van der Waals surface area (Å²) in [6.45, 7) is 0.170. The van der Waals surface area contributed by atoms with E-state index in [2.05, 4.69) is 4.98 Å². The molecule has 2 fully saturated rings. The summed E-state index contributed by atoms with van der Waals surface area (Å²) in [5.41, 5.74) is 1.56.